The molecule has 2 aromatic rings. The number of carbonyl (C=O) groups is 1. The highest BCUT2D eigenvalue weighted by Crippen LogP contribution is 2.30. The summed E-state index contributed by atoms with van der Waals surface area (Å²) in [7, 11) is 0. The third-order valence-corrected chi connectivity index (χ3v) is 7.45. The number of rotatable bonds is 4. The standard InChI is InChI=1S/C21H29N7OS/c1-15-24-20(28(25-15)19-4-2-3-7-22-19)16-5-8-26(9-6-16)17-12-18(23-13-17)21(29)27-10-11-30-14-27/h2-4,7,16-18,23H,5-6,8-14H2,1H3/t17-,18-/m0/s1. The van der Waals surface area contributed by atoms with Gasteiger partial charge >= 0.3 is 0 Å². The van der Waals surface area contributed by atoms with Crippen molar-refractivity contribution in [3.05, 3.63) is 36.0 Å². The summed E-state index contributed by atoms with van der Waals surface area (Å²) >= 11 is 1.85. The summed E-state index contributed by atoms with van der Waals surface area (Å²) < 4.78 is 1.91. The van der Waals surface area contributed by atoms with E-state index in [0.29, 0.717) is 12.0 Å². The monoisotopic (exact) mass is 427 g/mol. The van der Waals surface area contributed by atoms with Crippen LogP contribution in [0.1, 0.15) is 36.8 Å². The molecule has 2 aromatic heterocycles. The van der Waals surface area contributed by atoms with Gasteiger partial charge in [-0.1, -0.05) is 6.07 Å². The van der Waals surface area contributed by atoms with Crippen molar-refractivity contribution in [2.75, 3.05) is 37.8 Å². The van der Waals surface area contributed by atoms with Crippen molar-refractivity contribution >= 4 is 17.7 Å². The number of piperidine rings is 1. The highest BCUT2D eigenvalue weighted by Gasteiger charge is 2.37. The van der Waals surface area contributed by atoms with Crippen molar-refractivity contribution in [1.29, 1.82) is 0 Å². The SMILES string of the molecule is Cc1nc(C2CCN([C@@H]3CN[C@H](C(=O)N4CCSC4)C3)CC2)n(-c2ccccn2)n1. The van der Waals surface area contributed by atoms with Crippen molar-refractivity contribution in [3.63, 3.8) is 0 Å². The summed E-state index contributed by atoms with van der Waals surface area (Å²) in [5.41, 5.74) is 0. The van der Waals surface area contributed by atoms with E-state index in [-0.39, 0.29) is 11.9 Å². The first-order valence-electron chi connectivity index (χ1n) is 10.9. The number of aromatic nitrogens is 4. The van der Waals surface area contributed by atoms with E-state index in [9.17, 15) is 4.79 Å². The Morgan fingerprint density at radius 3 is 2.83 bits per heavy atom. The maximum atomic E-state index is 12.7. The molecule has 3 aliphatic rings. The molecule has 160 valence electrons. The fourth-order valence-corrected chi connectivity index (χ4v) is 5.81. The molecule has 0 unspecified atom stereocenters. The number of aryl methyl sites for hydroxylation is 1. The number of likely N-dealkylation sites (tertiary alicyclic amines) is 1. The second-order valence-corrected chi connectivity index (χ2v) is 9.49. The van der Waals surface area contributed by atoms with Gasteiger partial charge in [-0.25, -0.2) is 9.97 Å². The van der Waals surface area contributed by atoms with Crippen molar-refractivity contribution in [2.24, 2.45) is 0 Å². The number of hydrogen-bond donors (Lipinski definition) is 1. The molecule has 9 heteroatoms. The van der Waals surface area contributed by atoms with Crippen LogP contribution in [0.15, 0.2) is 24.4 Å². The predicted molar refractivity (Wildman–Crippen MR) is 117 cm³/mol. The minimum Gasteiger partial charge on any atom is -0.331 e. The first-order valence-corrected chi connectivity index (χ1v) is 12.0. The second kappa shape index (κ2) is 8.64. The number of carbonyl (C=O) groups excluding carboxylic acids is 1. The number of thioether (sulfide) groups is 1. The number of amides is 1. The Balaban J connectivity index is 1.20. The molecule has 0 radical (unpaired) electrons. The Bertz CT molecular complexity index is 875. The zero-order chi connectivity index (χ0) is 20.5. The molecule has 30 heavy (non-hydrogen) atoms. The maximum absolute atomic E-state index is 12.7. The predicted octanol–water partition coefficient (Wildman–Crippen LogP) is 1.41. The number of nitrogens with one attached hydrogen (secondary N) is 1. The fraction of sp³-hybridized carbons (Fsp3) is 0.619. The molecule has 8 nitrogen and oxygen atoms in total. The molecular formula is C21H29N7OS. The smallest absolute Gasteiger partial charge is 0.240 e. The van der Waals surface area contributed by atoms with Crippen LogP contribution in [0.2, 0.25) is 0 Å². The summed E-state index contributed by atoms with van der Waals surface area (Å²) in [5, 5.41) is 8.08. The van der Waals surface area contributed by atoms with Crippen molar-refractivity contribution in [3.8, 4) is 5.82 Å². The first kappa shape index (κ1) is 20.0. The van der Waals surface area contributed by atoms with E-state index in [0.717, 1.165) is 74.5 Å². The van der Waals surface area contributed by atoms with Gasteiger partial charge < -0.3 is 10.2 Å². The summed E-state index contributed by atoms with van der Waals surface area (Å²) in [6.07, 6.45) is 4.84. The van der Waals surface area contributed by atoms with Gasteiger partial charge in [0.1, 0.15) is 11.6 Å². The zero-order valence-corrected chi connectivity index (χ0v) is 18.2. The topological polar surface area (TPSA) is 79.2 Å². The Labute approximate surface area is 181 Å². The lowest BCUT2D eigenvalue weighted by Crippen LogP contribution is -2.42. The second-order valence-electron chi connectivity index (χ2n) is 8.42. The molecule has 0 spiro atoms. The van der Waals surface area contributed by atoms with Crippen LogP contribution < -0.4 is 5.32 Å². The molecule has 1 amide bonds. The lowest BCUT2D eigenvalue weighted by atomic mass is 9.94. The third kappa shape index (κ3) is 3.98. The van der Waals surface area contributed by atoms with Gasteiger partial charge in [-0.15, -0.1) is 16.9 Å². The van der Waals surface area contributed by atoms with E-state index in [1.807, 2.05) is 46.5 Å². The molecule has 0 saturated carbocycles. The van der Waals surface area contributed by atoms with Gasteiger partial charge in [-0.05, 0) is 51.4 Å². The van der Waals surface area contributed by atoms with Crippen LogP contribution in [0.25, 0.3) is 5.82 Å². The van der Waals surface area contributed by atoms with Crippen LogP contribution in [0.5, 0.6) is 0 Å². The average Bonchev–Trinajstić information content (AvgIpc) is 3.55. The molecule has 3 saturated heterocycles. The lowest BCUT2D eigenvalue weighted by Gasteiger charge is -2.35. The average molecular weight is 428 g/mol. The highest BCUT2D eigenvalue weighted by atomic mass is 32.2. The molecule has 5 heterocycles. The quantitative estimate of drug-likeness (QED) is 0.790. The van der Waals surface area contributed by atoms with E-state index in [1.54, 1.807) is 6.20 Å². The van der Waals surface area contributed by atoms with Crippen LogP contribution >= 0.6 is 11.8 Å². The molecular weight excluding hydrogens is 398 g/mol. The molecule has 1 N–H and O–H groups in total. The number of nitrogens with zero attached hydrogens (tertiary/aromatic N) is 6. The van der Waals surface area contributed by atoms with Crippen LogP contribution in [-0.2, 0) is 4.79 Å². The summed E-state index contributed by atoms with van der Waals surface area (Å²) in [6.45, 7) is 5.81. The van der Waals surface area contributed by atoms with Crippen LogP contribution in [-0.4, -0.2) is 85.3 Å². The van der Waals surface area contributed by atoms with E-state index in [4.69, 9.17) is 4.98 Å². The third-order valence-electron chi connectivity index (χ3n) is 6.49. The van der Waals surface area contributed by atoms with E-state index in [1.165, 1.54) is 0 Å². The maximum Gasteiger partial charge on any atom is 0.240 e. The number of hydrogen-bond acceptors (Lipinski definition) is 7. The van der Waals surface area contributed by atoms with Gasteiger partial charge in [-0.3, -0.25) is 9.69 Å². The number of pyridine rings is 1. The highest BCUT2D eigenvalue weighted by molar-refractivity contribution is 7.99. The molecule has 0 aliphatic carbocycles. The van der Waals surface area contributed by atoms with Gasteiger partial charge in [0.2, 0.25) is 5.91 Å². The van der Waals surface area contributed by atoms with E-state index < -0.39 is 0 Å². The molecule has 0 bridgehead atoms. The minimum atomic E-state index is -0.0127. The van der Waals surface area contributed by atoms with E-state index in [2.05, 4.69) is 20.3 Å². The van der Waals surface area contributed by atoms with Crippen molar-refractivity contribution in [2.45, 2.75) is 44.2 Å². The van der Waals surface area contributed by atoms with Gasteiger partial charge in [0, 0.05) is 37.0 Å². The fourth-order valence-electron chi connectivity index (χ4n) is 4.86. The molecule has 5 rings (SSSR count). The zero-order valence-electron chi connectivity index (χ0n) is 17.4. The van der Waals surface area contributed by atoms with Gasteiger partial charge in [0.25, 0.3) is 0 Å². The first-order chi connectivity index (χ1) is 14.7. The molecule has 2 atom stereocenters. The van der Waals surface area contributed by atoms with E-state index >= 15 is 0 Å². The Hall–Kier alpha value is -1.97. The van der Waals surface area contributed by atoms with Crippen molar-refractivity contribution in [1.82, 2.24) is 34.9 Å². The van der Waals surface area contributed by atoms with Crippen LogP contribution in [0.3, 0.4) is 0 Å². The Morgan fingerprint density at radius 1 is 1.23 bits per heavy atom. The van der Waals surface area contributed by atoms with Gasteiger partial charge in [-0.2, -0.15) is 4.68 Å². The molecule has 3 aliphatic heterocycles. The summed E-state index contributed by atoms with van der Waals surface area (Å²) in [4.78, 5) is 26.5. The summed E-state index contributed by atoms with van der Waals surface area (Å²) in [5.74, 6) is 5.24. The largest absolute Gasteiger partial charge is 0.331 e. The normalized spacial score (nSPS) is 25.8. The van der Waals surface area contributed by atoms with Gasteiger partial charge in [0.15, 0.2) is 5.82 Å². The van der Waals surface area contributed by atoms with Crippen molar-refractivity contribution < 1.29 is 4.79 Å². The Kier molecular flexibility index (Phi) is 5.75. The van der Waals surface area contributed by atoms with Crippen LogP contribution in [0.4, 0.5) is 0 Å². The Morgan fingerprint density at radius 2 is 2.10 bits per heavy atom. The van der Waals surface area contributed by atoms with Gasteiger partial charge in [0.05, 0.1) is 11.9 Å². The molecule has 3 fully saturated rings. The van der Waals surface area contributed by atoms with Crippen LogP contribution in [0, 0.1) is 6.92 Å². The minimum absolute atomic E-state index is 0.0127. The summed E-state index contributed by atoms with van der Waals surface area (Å²) in [6, 6.07) is 6.32. The lowest BCUT2D eigenvalue weighted by molar-refractivity contribution is -0.131. The molecule has 0 aromatic carbocycles.